The molecule has 3 heteroatoms. The van der Waals surface area contributed by atoms with E-state index in [4.69, 9.17) is 5.84 Å². The number of nitrogens with one attached hydrogen (secondary N) is 1. The first-order valence-corrected chi connectivity index (χ1v) is 7.49. The minimum atomic E-state index is 0.305. The monoisotopic (exact) mass is 270 g/mol. The van der Waals surface area contributed by atoms with Gasteiger partial charge in [-0.1, -0.05) is 48.5 Å². The van der Waals surface area contributed by atoms with Gasteiger partial charge in [-0.05, 0) is 30.0 Å². The second-order valence-electron chi connectivity index (χ2n) is 4.93. The van der Waals surface area contributed by atoms with Gasteiger partial charge in [-0.15, -0.1) is 11.8 Å². The molecule has 0 aliphatic carbocycles. The average Bonchev–Trinajstić information content (AvgIpc) is 2.89. The van der Waals surface area contributed by atoms with E-state index < -0.39 is 0 Å². The fourth-order valence-corrected chi connectivity index (χ4v) is 3.99. The SMILES string of the molecule is NNC(Cc1ccccc1)C1Cc2ccccc2S1. The summed E-state index contributed by atoms with van der Waals surface area (Å²) in [5.74, 6) is 5.77. The zero-order valence-corrected chi connectivity index (χ0v) is 11.6. The second-order valence-corrected chi connectivity index (χ2v) is 6.21. The van der Waals surface area contributed by atoms with Crippen molar-refractivity contribution in [1.29, 1.82) is 0 Å². The van der Waals surface area contributed by atoms with E-state index in [2.05, 4.69) is 60.0 Å². The van der Waals surface area contributed by atoms with Gasteiger partial charge in [-0.25, -0.2) is 0 Å². The molecule has 3 N–H and O–H groups in total. The number of thioether (sulfide) groups is 1. The van der Waals surface area contributed by atoms with Gasteiger partial charge in [0, 0.05) is 16.2 Å². The van der Waals surface area contributed by atoms with Gasteiger partial charge in [0.05, 0.1) is 0 Å². The second kappa shape index (κ2) is 5.78. The summed E-state index contributed by atoms with van der Waals surface area (Å²) in [7, 11) is 0. The number of hydrazine groups is 1. The molecule has 0 amide bonds. The third-order valence-electron chi connectivity index (χ3n) is 3.63. The van der Waals surface area contributed by atoms with E-state index in [-0.39, 0.29) is 0 Å². The first-order chi connectivity index (χ1) is 9.36. The van der Waals surface area contributed by atoms with Gasteiger partial charge < -0.3 is 0 Å². The number of rotatable bonds is 4. The largest absolute Gasteiger partial charge is 0.271 e. The molecular weight excluding hydrogens is 252 g/mol. The molecule has 0 fully saturated rings. The van der Waals surface area contributed by atoms with Crippen LogP contribution in [-0.2, 0) is 12.8 Å². The molecule has 0 radical (unpaired) electrons. The molecule has 0 spiro atoms. The average molecular weight is 270 g/mol. The molecule has 0 aromatic heterocycles. The zero-order valence-electron chi connectivity index (χ0n) is 10.8. The minimum Gasteiger partial charge on any atom is -0.271 e. The summed E-state index contributed by atoms with van der Waals surface area (Å²) >= 11 is 1.95. The van der Waals surface area contributed by atoms with Crippen LogP contribution < -0.4 is 11.3 Å². The summed E-state index contributed by atoms with van der Waals surface area (Å²) in [6.07, 6.45) is 2.07. The first-order valence-electron chi connectivity index (χ1n) is 6.61. The van der Waals surface area contributed by atoms with Gasteiger partial charge in [-0.3, -0.25) is 11.3 Å². The number of fused-ring (bicyclic) bond motifs is 1. The molecule has 1 aliphatic heterocycles. The number of hydrogen-bond acceptors (Lipinski definition) is 3. The highest BCUT2D eigenvalue weighted by Gasteiger charge is 2.28. The molecule has 19 heavy (non-hydrogen) atoms. The molecule has 1 aliphatic rings. The van der Waals surface area contributed by atoms with Crippen molar-refractivity contribution in [2.24, 2.45) is 5.84 Å². The molecule has 0 bridgehead atoms. The van der Waals surface area contributed by atoms with Crippen LogP contribution in [0.3, 0.4) is 0 Å². The van der Waals surface area contributed by atoms with Crippen LogP contribution in [-0.4, -0.2) is 11.3 Å². The summed E-state index contributed by atoms with van der Waals surface area (Å²) in [6, 6.07) is 19.5. The molecule has 0 saturated carbocycles. The molecule has 0 saturated heterocycles. The van der Waals surface area contributed by atoms with Crippen LogP contribution >= 0.6 is 11.8 Å². The van der Waals surface area contributed by atoms with Crippen LogP contribution in [0.2, 0.25) is 0 Å². The minimum absolute atomic E-state index is 0.305. The van der Waals surface area contributed by atoms with E-state index in [1.807, 2.05) is 11.8 Å². The highest BCUT2D eigenvalue weighted by molar-refractivity contribution is 8.00. The Morgan fingerprint density at radius 2 is 1.84 bits per heavy atom. The third-order valence-corrected chi connectivity index (χ3v) is 5.08. The van der Waals surface area contributed by atoms with Gasteiger partial charge in [0.25, 0.3) is 0 Å². The Balaban J connectivity index is 1.71. The summed E-state index contributed by atoms with van der Waals surface area (Å²) in [5, 5.41) is 0.516. The Morgan fingerprint density at radius 3 is 2.58 bits per heavy atom. The summed E-state index contributed by atoms with van der Waals surface area (Å²) < 4.78 is 0. The van der Waals surface area contributed by atoms with Crippen LogP contribution in [0, 0.1) is 0 Å². The molecule has 2 nitrogen and oxygen atoms in total. The highest BCUT2D eigenvalue weighted by atomic mass is 32.2. The summed E-state index contributed by atoms with van der Waals surface area (Å²) in [5.41, 5.74) is 5.79. The normalized spacial score (nSPS) is 19.1. The lowest BCUT2D eigenvalue weighted by atomic mass is 9.99. The standard InChI is InChI=1S/C16H18N2S/c17-18-14(10-12-6-2-1-3-7-12)16-11-13-8-4-5-9-15(13)19-16/h1-9,14,16,18H,10-11,17H2. The predicted molar refractivity (Wildman–Crippen MR) is 81.0 cm³/mol. The van der Waals surface area contributed by atoms with Crippen LogP contribution in [0.25, 0.3) is 0 Å². The molecule has 2 atom stereocenters. The molecule has 98 valence electrons. The van der Waals surface area contributed by atoms with Crippen molar-refractivity contribution in [3.63, 3.8) is 0 Å². The van der Waals surface area contributed by atoms with E-state index in [0.717, 1.165) is 12.8 Å². The fourth-order valence-electron chi connectivity index (χ4n) is 2.60. The van der Waals surface area contributed by atoms with Gasteiger partial charge >= 0.3 is 0 Å². The quantitative estimate of drug-likeness (QED) is 0.663. The van der Waals surface area contributed by atoms with Crippen molar-refractivity contribution in [3.8, 4) is 0 Å². The Bertz CT molecular complexity index is 516. The predicted octanol–water partition coefficient (Wildman–Crippen LogP) is 2.78. The van der Waals surface area contributed by atoms with Gasteiger partial charge in [0.1, 0.15) is 0 Å². The Labute approximate surface area is 118 Å². The number of benzene rings is 2. The molecule has 2 unspecified atom stereocenters. The van der Waals surface area contributed by atoms with E-state index in [1.165, 1.54) is 16.0 Å². The first kappa shape index (κ1) is 12.7. The Morgan fingerprint density at radius 1 is 1.11 bits per heavy atom. The topological polar surface area (TPSA) is 38.0 Å². The molecule has 2 aromatic carbocycles. The fraction of sp³-hybridized carbons (Fsp3) is 0.250. The number of nitrogens with two attached hydrogens (primary N) is 1. The lowest BCUT2D eigenvalue weighted by molar-refractivity contribution is 0.506. The maximum Gasteiger partial charge on any atom is 0.0376 e. The van der Waals surface area contributed by atoms with Gasteiger partial charge in [-0.2, -0.15) is 0 Å². The summed E-state index contributed by atoms with van der Waals surface area (Å²) in [6.45, 7) is 0. The van der Waals surface area contributed by atoms with Gasteiger partial charge in [0.2, 0.25) is 0 Å². The van der Waals surface area contributed by atoms with Gasteiger partial charge in [0.15, 0.2) is 0 Å². The van der Waals surface area contributed by atoms with E-state index in [0.29, 0.717) is 11.3 Å². The van der Waals surface area contributed by atoms with Crippen molar-refractivity contribution in [2.45, 2.75) is 29.0 Å². The molecule has 3 rings (SSSR count). The van der Waals surface area contributed by atoms with Crippen LogP contribution in [0.1, 0.15) is 11.1 Å². The van der Waals surface area contributed by atoms with E-state index >= 15 is 0 Å². The molecule has 1 heterocycles. The Hall–Kier alpha value is -1.29. The van der Waals surface area contributed by atoms with Crippen molar-refractivity contribution >= 4 is 11.8 Å². The van der Waals surface area contributed by atoms with E-state index in [1.54, 1.807) is 0 Å². The van der Waals surface area contributed by atoms with Crippen molar-refractivity contribution in [1.82, 2.24) is 5.43 Å². The van der Waals surface area contributed by atoms with Crippen molar-refractivity contribution in [2.75, 3.05) is 0 Å². The Kier molecular flexibility index (Phi) is 3.87. The van der Waals surface area contributed by atoms with Crippen LogP contribution in [0.4, 0.5) is 0 Å². The van der Waals surface area contributed by atoms with Crippen LogP contribution in [0.5, 0.6) is 0 Å². The zero-order chi connectivity index (χ0) is 13.1. The lowest BCUT2D eigenvalue weighted by Crippen LogP contribution is -2.44. The summed E-state index contributed by atoms with van der Waals surface area (Å²) in [4.78, 5) is 1.40. The third kappa shape index (κ3) is 2.84. The number of hydrogen-bond donors (Lipinski definition) is 2. The maximum atomic E-state index is 5.77. The van der Waals surface area contributed by atoms with Crippen LogP contribution in [0.15, 0.2) is 59.5 Å². The highest BCUT2D eigenvalue weighted by Crippen LogP contribution is 2.38. The van der Waals surface area contributed by atoms with Crippen molar-refractivity contribution < 1.29 is 0 Å². The molecular formula is C16H18N2S. The van der Waals surface area contributed by atoms with E-state index in [9.17, 15) is 0 Å². The smallest absolute Gasteiger partial charge is 0.0376 e. The molecule has 2 aromatic rings. The van der Waals surface area contributed by atoms with Crippen molar-refractivity contribution in [3.05, 3.63) is 65.7 Å². The maximum absolute atomic E-state index is 5.77. The lowest BCUT2D eigenvalue weighted by Gasteiger charge is -2.22.